The number of benzene rings is 1. The van der Waals surface area contributed by atoms with Crippen molar-refractivity contribution in [1.29, 1.82) is 0 Å². The smallest absolute Gasteiger partial charge is 0.304 e. The molecule has 1 N–H and O–H groups in total. The summed E-state index contributed by atoms with van der Waals surface area (Å²) in [6, 6.07) is 6.97. The fraction of sp³-hybridized carbons (Fsp3) is 0.533. The first kappa shape index (κ1) is 14.5. The van der Waals surface area contributed by atoms with Crippen LogP contribution in [-0.2, 0) is 17.6 Å². The summed E-state index contributed by atoms with van der Waals surface area (Å²) >= 11 is 3.51. The zero-order valence-electron chi connectivity index (χ0n) is 11.2. The molecule has 2 rings (SSSR count). The van der Waals surface area contributed by atoms with Crippen LogP contribution in [0.1, 0.15) is 30.9 Å². The van der Waals surface area contributed by atoms with Crippen LogP contribution < -0.4 is 0 Å². The van der Waals surface area contributed by atoms with Crippen molar-refractivity contribution in [3.8, 4) is 0 Å². The Hall–Kier alpha value is -0.870. The Morgan fingerprint density at radius 3 is 2.95 bits per heavy atom. The van der Waals surface area contributed by atoms with Gasteiger partial charge in [-0.05, 0) is 49.1 Å². The molecule has 1 aromatic rings. The third kappa shape index (κ3) is 3.80. The molecule has 3 nitrogen and oxygen atoms in total. The molecule has 104 valence electrons. The van der Waals surface area contributed by atoms with Crippen molar-refractivity contribution in [2.24, 2.45) is 0 Å². The number of halogens is 1. The maximum atomic E-state index is 10.7. The number of carboxylic acids is 1. The zero-order valence-corrected chi connectivity index (χ0v) is 12.8. The quantitative estimate of drug-likeness (QED) is 0.904. The van der Waals surface area contributed by atoms with Crippen LogP contribution in [0.3, 0.4) is 0 Å². The van der Waals surface area contributed by atoms with Crippen LogP contribution in [0.5, 0.6) is 0 Å². The van der Waals surface area contributed by atoms with Crippen molar-refractivity contribution < 1.29 is 9.90 Å². The summed E-state index contributed by atoms with van der Waals surface area (Å²) < 4.78 is 1.14. The number of hydrogen-bond acceptors (Lipinski definition) is 2. The van der Waals surface area contributed by atoms with E-state index >= 15 is 0 Å². The molecule has 1 aliphatic rings. The van der Waals surface area contributed by atoms with E-state index in [1.54, 1.807) is 0 Å². The number of rotatable bonds is 5. The predicted molar refractivity (Wildman–Crippen MR) is 79.5 cm³/mol. The van der Waals surface area contributed by atoms with Crippen molar-refractivity contribution in [2.75, 3.05) is 13.1 Å². The maximum Gasteiger partial charge on any atom is 0.304 e. The Kier molecular flexibility index (Phi) is 4.99. The molecular weight excluding hydrogens is 306 g/mol. The van der Waals surface area contributed by atoms with E-state index in [1.807, 2.05) is 0 Å². The average Bonchev–Trinajstić information content (AvgIpc) is 2.39. The van der Waals surface area contributed by atoms with Crippen molar-refractivity contribution in [3.63, 3.8) is 0 Å². The van der Waals surface area contributed by atoms with E-state index in [2.05, 4.69) is 46.0 Å². The van der Waals surface area contributed by atoms with Crippen LogP contribution in [0.2, 0.25) is 0 Å². The first-order valence-electron chi connectivity index (χ1n) is 6.83. The van der Waals surface area contributed by atoms with Gasteiger partial charge >= 0.3 is 5.97 Å². The van der Waals surface area contributed by atoms with Gasteiger partial charge in [0, 0.05) is 17.1 Å². The molecule has 0 saturated carbocycles. The number of likely N-dealkylation sites (N-methyl/N-ethyl adjacent to an activating group) is 1. The highest BCUT2D eigenvalue weighted by Crippen LogP contribution is 2.27. The molecule has 0 spiro atoms. The van der Waals surface area contributed by atoms with E-state index in [4.69, 9.17) is 5.11 Å². The summed E-state index contributed by atoms with van der Waals surface area (Å²) in [7, 11) is 0. The first-order valence-corrected chi connectivity index (χ1v) is 7.62. The molecule has 0 heterocycles. The zero-order chi connectivity index (χ0) is 13.8. The molecular formula is C15H20BrNO2. The number of aryl methyl sites for hydroxylation is 1. The topological polar surface area (TPSA) is 40.5 Å². The molecule has 0 bridgehead atoms. The second-order valence-corrected chi connectivity index (χ2v) is 6.00. The van der Waals surface area contributed by atoms with Gasteiger partial charge in [-0.15, -0.1) is 0 Å². The second-order valence-electron chi connectivity index (χ2n) is 5.08. The van der Waals surface area contributed by atoms with Gasteiger partial charge in [-0.1, -0.05) is 28.9 Å². The molecule has 0 aliphatic heterocycles. The van der Waals surface area contributed by atoms with Crippen molar-refractivity contribution in [1.82, 2.24) is 4.90 Å². The number of carboxylic acid groups (broad SMARTS) is 1. The summed E-state index contributed by atoms with van der Waals surface area (Å²) in [5, 5.41) is 8.81. The highest BCUT2D eigenvalue weighted by Gasteiger charge is 2.23. The van der Waals surface area contributed by atoms with E-state index < -0.39 is 5.97 Å². The lowest BCUT2D eigenvalue weighted by molar-refractivity contribution is -0.137. The van der Waals surface area contributed by atoms with Crippen molar-refractivity contribution in [2.45, 2.75) is 38.6 Å². The van der Waals surface area contributed by atoms with Crippen LogP contribution in [0.15, 0.2) is 22.7 Å². The average molecular weight is 326 g/mol. The molecule has 4 heteroatoms. The minimum atomic E-state index is -0.710. The molecule has 19 heavy (non-hydrogen) atoms. The lowest BCUT2D eigenvalue weighted by Crippen LogP contribution is -2.40. The highest BCUT2D eigenvalue weighted by atomic mass is 79.9. The molecule has 0 saturated heterocycles. The van der Waals surface area contributed by atoms with Crippen molar-refractivity contribution >= 4 is 21.9 Å². The SMILES string of the molecule is CCN(CCC(=O)O)C1CCc2cc(Br)ccc2C1. The molecule has 0 fully saturated rings. The molecule has 0 radical (unpaired) electrons. The molecule has 1 unspecified atom stereocenters. The summed E-state index contributed by atoms with van der Waals surface area (Å²) in [5.41, 5.74) is 2.84. The van der Waals surface area contributed by atoms with E-state index in [9.17, 15) is 4.79 Å². The molecule has 0 aromatic heterocycles. The monoisotopic (exact) mass is 325 g/mol. The third-order valence-electron chi connectivity index (χ3n) is 3.91. The standard InChI is InChI=1S/C15H20BrNO2/c1-2-17(8-7-15(18)19)14-6-4-11-9-13(16)5-3-12(11)10-14/h3,5,9,14H,2,4,6-8,10H2,1H3,(H,18,19). The lowest BCUT2D eigenvalue weighted by Gasteiger charge is -2.34. The number of aliphatic carboxylic acids is 1. The Bertz CT molecular complexity index is 461. The second kappa shape index (κ2) is 6.53. The van der Waals surface area contributed by atoms with Gasteiger partial charge in [0.05, 0.1) is 6.42 Å². The molecule has 1 aliphatic carbocycles. The number of fused-ring (bicyclic) bond motifs is 1. The molecule has 1 aromatic carbocycles. The van der Waals surface area contributed by atoms with Gasteiger partial charge in [-0.2, -0.15) is 0 Å². The van der Waals surface area contributed by atoms with Crippen LogP contribution in [0.25, 0.3) is 0 Å². The number of hydrogen-bond donors (Lipinski definition) is 1. The summed E-state index contributed by atoms with van der Waals surface area (Å²) in [4.78, 5) is 13.0. The fourth-order valence-corrected chi connectivity index (χ4v) is 3.26. The minimum Gasteiger partial charge on any atom is -0.481 e. The van der Waals surface area contributed by atoms with E-state index in [1.165, 1.54) is 11.1 Å². The van der Waals surface area contributed by atoms with Gasteiger partial charge in [0.25, 0.3) is 0 Å². The Morgan fingerprint density at radius 1 is 1.47 bits per heavy atom. The van der Waals surface area contributed by atoms with Crippen molar-refractivity contribution in [3.05, 3.63) is 33.8 Å². The highest BCUT2D eigenvalue weighted by molar-refractivity contribution is 9.10. The Morgan fingerprint density at radius 2 is 2.26 bits per heavy atom. The summed E-state index contributed by atoms with van der Waals surface area (Å²) in [6.07, 6.45) is 3.48. The van der Waals surface area contributed by atoms with Gasteiger partial charge in [0.2, 0.25) is 0 Å². The van der Waals surface area contributed by atoms with Gasteiger partial charge in [0.15, 0.2) is 0 Å². The van der Waals surface area contributed by atoms with Gasteiger partial charge in [-0.25, -0.2) is 0 Å². The largest absolute Gasteiger partial charge is 0.481 e. The Labute approximate surface area is 122 Å². The van der Waals surface area contributed by atoms with Crippen LogP contribution in [0, 0.1) is 0 Å². The lowest BCUT2D eigenvalue weighted by atomic mass is 9.87. The van der Waals surface area contributed by atoms with Crippen LogP contribution in [-0.4, -0.2) is 35.1 Å². The molecule has 0 amide bonds. The first-order chi connectivity index (χ1) is 9.10. The summed E-state index contributed by atoms with van der Waals surface area (Å²) in [6.45, 7) is 3.69. The van der Waals surface area contributed by atoms with Gasteiger partial charge in [-0.3, -0.25) is 9.69 Å². The van der Waals surface area contributed by atoms with Crippen LogP contribution in [0.4, 0.5) is 0 Å². The van der Waals surface area contributed by atoms with E-state index in [0.29, 0.717) is 12.6 Å². The predicted octanol–water partition coefficient (Wildman–Crippen LogP) is 3.10. The third-order valence-corrected chi connectivity index (χ3v) is 4.40. The number of nitrogens with zero attached hydrogens (tertiary/aromatic N) is 1. The fourth-order valence-electron chi connectivity index (χ4n) is 2.85. The van der Waals surface area contributed by atoms with E-state index in [0.717, 1.165) is 30.3 Å². The number of carbonyl (C=O) groups is 1. The van der Waals surface area contributed by atoms with Gasteiger partial charge in [0.1, 0.15) is 0 Å². The van der Waals surface area contributed by atoms with Crippen LogP contribution >= 0.6 is 15.9 Å². The maximum absolute atomic E-state index is 10.7. The molecule has 1 atom stereocenters. The van der Waals surface area contributed by atoms with Gasteiger partial charge < -0.3 is 5.11 Å². The summed E-state index contributed by atoms with van der Waals surface area (Å²) in [5.74, 6) is -0.710. The minimum absolute atomic E-state index is 0.234. The van der Waals surface area contributed by atoms with E-state index in [-0.39, 0.29) is 6.42 Å². The Balaban J connectivity index is 2.03. The normalized spacial score (nSPS) is 18.4.